The maximum atomic E-state index is 8.25. The fourth-order valence-corrected chi connectivity index (χ4v) is 16.4. The summed E-state index contributed by atoms with van der Waals surface area (Å²) < 4.78 is 8.25. The van der Waals surface area contributed by atoms with E-state index in [-0.39, 0.29) is 22.2 Å². The van der Waals surface area contributed by atoms with Crippen LogP contribution in [0.1, 0.15) is 69.2 Å². The number of ether oxygens (including phenoxy) is 1. The fourth-order valence-electron chi connectivity index (χ4n) is 16.4. The number of nitrogens with zero attached hydrogens (tertiary/aromatic N) is 8. The minimum Gasteiger partial charge on any atom is -0.343 e. The number of hydrogen-bond acceptors (Lipinski definition) is 9. The van der Waals surface area contributed by atoms with Crippen LogP contribution in [0, 0.1) is 0 Å². The topological polar surface area (TPSA) is 38.5 Å². The van der Waals surface area contributed by atoms with Gasteiger partial charge in [-0.25, -0.2) is 0 Å². The Morgan fingerprint density at radius 2 is 0.508 bits per heavy atom. The van der Waals surface area contributed by atoms with Gasteiger partial charge in [-0.05, 0) is 164 Å². The normalized spacial score (nSPS) is 43.0. The van der Waals surface area contributed by atoms with Gasteiger partial charge in [0.2, 0.25) is 0 Å². The monoisotopic (exact) mass is 803 g/mol. The third-order valence-corrected chi connectivity index (χ3v) is 19.8. The maximum Gasteiger partial charge on any atom is 0.155 e. The molecule has 0 amide bonds. The summed E-state index contributed by atoms with van der Waals surface area (Å²) in [4.78, 5) is 22.2. The Hall–Kier alpha value is -2.18. The van der Waals surface area contributed by atoms with Crippen molar-refractivity contribution in [1.82, 2.24) is 39.2 Å². The molecular formula is C50H74N8O. The van der Waals surface area contributed by atoms with E-state index in [1.165, 1.54) is 22.3 Å². The molecule has 9 nitrogen and oxygen atoms in total. The van der Waals surface area contributed by atoms with Gasteiger partial charge in [-0.3, -0.25) is 19.6 Å². The minimum atomic E-state index is -0.540. The first kappa shape index (κ1) is 39.7. The summed E-state index contributed by atoms with van der Waals surface area (Å²) in [7, 11) is 9.31. The van der Waals surface area contributed by atoms with Crippen LogP contribution in [0.3, 0.4) is 0 Å². The van der Waals surface area contributed by atoms with Crippen LogP contribution < -0.4 is 0 Å². The van der Waals surface area contributed by atoms with Gasteiger partial charge in [0, 0.05) is 116 Å². The Morgan fingerprint density at radius 1 is 0.288 bits per heavy atom. The molecule has 0 aromatic rings. The van der Waals surface area contributed by atoms with Crippen molar-refractivity contribution in [2.45, 2.75) is 103 Å². The third kappa shape index (κ3) is 3.93. The molecule has 0 radical (unpaired) electrons. The Kier molecular flexibility index (Phi) is 8.26. The van der Waals surface area contributed by atoms with Crippen LogP contribution in [0.25, 0.3) is 0 Å². The molecule has 6 atom stereocenters. The van der Waals surface area contributed by atoms with Crippen molar-refractivity contribution in [2.24, 2.45) is 0 Å². The second kappa shape index (κ2) is 12.3. The molecule has 320 valence electrons. The lowest BCUT2D eigenvalue weighted by molar-refractivity contribution is 0.0610. The quantitative estimate of drug-likeness (QED) is 0.295. The van der Waals surface area contributed by atoms with Gasteiger partial charge in [0.25, 0.3) is 0 Å². The van der Waals surface area contributed by atoms with Crippen molar-refractivity contribution < 1.29 is 4.74 Å². The standard InChI is InChI=1S/C50H74N8O/c1-31-32(2)46(56-25-17-52(12)18-26-56)34(4)36(6)48(58-29-21-54(14)22-30-58)38(8)40(10)49-39(9)37(7)47(57-27-19-53(13)20-28-57)35(5)33(3)45(31,55-23-15-51(11)16-24-55)41-42(46)44(48)50(49,59-49)43(41)47/h15-30H2,1-14H3/t45-,46+,47-,48+,49-,50+. The molecule has 5 heterocycles. The van der Waals surface area contributed by atoms with E-state index in [9.17, 15) is 0 Å². The van der Waals surface area contributed by atoms with Crippen molar-refractivity contribution in [3.05, 3.63) is 78.0 Å². The molecule has 59 heavy (non-hydrogen) atoms. The van der Waals surface area contributed by atoms with Crippen molar-refractivity contribution >= 4 is 0 Å². The Bertz CT molecular complexity index is 2040. The molecule has 11 aliphatic rings. The molecule has 6 aliphatic carbocycles. The van der Waals surface area contributed by atoms with E-state index in [1.54, 1.807) is 55.7 Å². The average molecular weight is 803 g/mol. The van der Waals surface area contributed by atoms with E-state index in [1.807, 2.05) is 0 Å². The minimum absolute atomic E-state index is 0.338. The second-order valence-electron chi connectivity index (χ2n) is 21.2. The molecule has 0 aromatic carbocycles. The summed E-state index contributed by atoms with van der Waals surface area (Å²) in [6.07, 6.45) is 0. The Labute approximate surface area is 356 Å². The van der Waals surface area contributed by atoms with Crippen molar-refractivity contribution in [3.8, 4) is 0 Å². The molecule has 9 heteroatoms. The largest absolute Gasteiger partial charge is 0.343 e. The van der Waals surface area contributed by atoms with Gasteiger partial charge in [0.15, 0.2) is 5.60 Å². The average Bonchev–Trinajstić information content (AvgIpc) is 3.85. The van der Waals surface area contributed by atoms with Gasteiger partial charge in [-0.1, -0.05) is 0 Å². The molecule has 5 aliphatic heterocycles. The summed E-state index contributed by atoms with van der Waals surface area (Å²) in [6.45, 7) is 42.8. The van der Waals surface area contributed by atoms with E-state index >= 15 is 0 Å². The number of rotatable bonds is 4. The molecule has 0 bridgehead atoms. The lowest BCUT2D eigenvalue weighted by atomic mass is 9.49. The predicted molar refractivity (Wildman–Crippen MR) is 240 cm³/mol. The maximum absolute atomic E-state index is 8.25. The summed E-state index contributed by atoms with van der Waals surface area (Å²) in [6, 6.07) is 0. The number of piperazine rings is 4. The Balaban J connectivity index is 1.36. The molecule has 11 rings (SSSR count). The van der Waals surface area contributed by atoms with Crippen LogP contribution >= 0.6 is 0 Å². The zero-order valence-electron chi connectivity index (χ0n) is 39.3. The van der Waals surface area contributed by atoms with E-state index in [0.717, 1.165) is 105 Å². The zero-order valence-corrected chi connectivity index (χ0v) is 39.3. The van der Waals surface area contributed by atoms with E-state index in [2.05, 4.69) is 137 Å². The van der Waals surface area contributed by atoms with Crippen LogP contribution in [0.5, 0.6) is 0 Å². The fraction of sp³-hybridized carbons (Fsp3) is 0.720. The van der Waals surface area contributed by atoms with E-state index < -0.39 is 11.2 Å². The first-order valence-corrected chi connectivity index (χ1v) is 23.4. The van der Waals surface area contributed by atoms with Gasteiger partial charge >= 0.3 is 0 Å². The van der Waals surface area contributed by atoms with Crippen LogP contribution in [0.15, 0.2) is 78.0 Å². The van der Waals surface area contributed by atoms with Gasteiger partial charge in [0.1, 0.15) is 5.60 Å². The molecule has 0 aromatic heterocycles. The van der Waals surface area contributed by atoms with Crippen molar-refractivity contribution in [3.63, 3.8) is 0 Å². The molecule has 0 N–H and O–H groups in total. The second-order valence-corrected chi connectivity index (χ2v) is 21.2. The highest BCUT2D eigenvalue weighted by Crippen LogP contribution is 2.85. The third-order valence-electron chi connectivity index (χ3n) is 19.8. The lowest BCUT2D eigenvalue weighted by Crippen LogP contribution is -2.70. The highest BCUT2D eigenvalue weighted by molar-refractivity contribution is 5.93. The van der Waals surface area contributed by atoms with Gasteiger partial charge in [-0.15, -0.1) is 0 Å². The Morgan fingerprint density at radius 3 is 0.780 bits per heavy atom. The molecule has 0 unspecified atom stereocenters. The molecule has 0 saturated carbocycles. The highest BCUT2D eigenvalue weighted by atomic mass is 16.6. The molecule has 1 spiro atoms. The summed E-state index contributed by atoms with van der Waals surface area (Å²) in [5.41, 5.74) is 19.8. The summed E-state index contributed by atoms with van der Waals surface area (Å²) >= 11 is 0. The smallest absolute Gasteiger partial charge is 0.155 e. The van der Waals surface area contributed by atoms with E-state index in [4.69, 9.17) is 4.74 Å². The van der Waals surface area contributed by atoms with Crippen molar-refractivity contribution in [2.75, 3.05) is 133 Å². The first-order valence-electron chi connectivity index (χ1n) is 23.4. The lowest BCUT2D eigenvalue weighted by Gasteiger charge is -2.65. The number of likely N-dealkylation sites (N-methyl/N-ethyl adjacent to an activating group) is 4. The molecule has 5 saturated heterocycles. The molecular weight excluding hydrogens is 729 g/mol. The van der Waals surface area contributed by atoms with E-state index in [0.29, 0.717) is 0 Å². The highest BCUT2D eigenvalue weighted by Gasteiger charge is 2.91. The number of hydrogen-bond donors (Lipinski definition) is 0. The van der Waals surface area contributed by atoms with Crippen LogP contribution in [0.4, 0.5) is 0 Å². The van der Waals surface area contributed by atoms with Gasteiger partial charge in [-0.2, -0.15) is 0 Å². The zero-order chi connectivity index (χ0) is 41.7. The SMILES string of the molecule is CC1=C(C)[C@@]2(N3CCN(C)CC3)C(C)=C(C)[C@@]3(N4CCN(C)CC4)C(C)=C(C)[C@]45O[C@@]46C4=C(C2=C36)[C@@]1(N1CCN(C)CC1)C(C)=C(C)[C@]4(N1CCN(C)CC1)C(C)=C5C. The molecule has 5 fully saturated rings. The summed E-state index contributed by atoms with van der Waals surface area (Å²) in [5, 5.41) is 0. The van der Waals surface area contributed by atoms with Crippen LogP contribution in [-0.2, 0) is 4.74 Å². The van der Waals surface area contributed by atoms with Crippen molar-refractivity contribution in [1.29, 1.82) is 0 Å². The van der Waals surface area contributed by atoms with Crippen LogP contribution in [0.2, 0.25) is 0 Å². The number of epoxide rings is 1. The summed E-state index contributed by atoms with van der Waals surface area (Å²) in [5.74, 6) is 0. The van der Waals surface area contributed by atoms with Gasteiger partial charge in [0.05, 0.1) is 22.2 Å². The van der Waals surface area contributed by atoms with Gasteiger partial charge < -0.3 is 24.3 Å². The first-order chi connectivity index (χ1) is 28.0. The predicted octanol–water partition coefficient (Wildman–Crippen LogP) is 4.80. The van der Waals surface area contributed by atoms with Crippen LogP contribution in [-0.4, -0.2) is 205 Å².